The summed E-state index contributed by atoms with van der Waals surface area (Å²) in [6, 6.07) is 53.9. The van der Waals surface area contributed by atoms with Gasteiger partial charge in [0.05, 0.1) is 11.2 Å². The molecule has 2 heterocycles. The van der Waals surface area contributed by atoms with Crippen LogP contribution in [0, 0.1) is 5.82 Å². The lowest BCUT2D eigenvalue weighted by Crippen LogP contribution is -2.01. The van der Waals surface area contributed by atoms with Crippen LogP contribution in [0.1, 0.15) is 0 Å². The normalized spacial score (nSPS) is 11.4. The van der Waals surface area contributed by atoms with Crippen LogP contribution in [0.5, 0.6) is 0 Å². The van der Waals surface area contributed by atoms with Crippen molar-refractivity contribution >= 4 is 32.4 Å². The number of fused-ring (bicyclic) bond motifs is 5. The van der Waals surface area contributed by atoms with E-state index in [1.54, 1.807) is 12.1 Å². The van der Waals surface area contributed by atoms with Gasteiger partial charge in [-0.05, 0) is 46.2 Å². The molecule has 4 nitrogen and oxygen atoms in total. The number of aromatic nitrogens is 4. The van der Waals surface area contributed by atoms with E-state index in [2.05, 4.69) is 72.8 Å². The van der Waals surface area contributed by atoms with Crippen LogP contribution in [0.3, 0.4) is 0 Å². The second-order valence-electron chi connectivity index (χ2n) is 12.0. The van der Waals surface area contributed by atoms with Crippen LogP contribution in [-0.2, 0) is 0 Å². The van der Waals surface area contributed by atoms with Gasteiger partial charge in [-0.3, -0.25) is 0 Å². The number of nitrogens with zero attached hydrogens (tertiary/aromatic N) is 4. The van der Waals surface area contributed by atoms with E-state index in [4.69, 9.17) is 19.9 Å². The molecule has 0 spiro atoms. The monoisotopic (exact) mass is 630 g/mol. The molecule has 0 amide bonds. The maximum absolute atomic E-state index is 13.6. The highest BCUT2D eigenvalue weighted by Crippen LogP contribution is 2.41. The molecule has 230 valence electrons. The summed E-state index contributed by atoms with van der Waals surface area (Å²) in [4.78, 5) is 20.4. The van der Waals surface area contributed by atoms with E-state index in [0.717, 1.165) is 71.5 Å². The van der Waals surface area contributed by atoms with E-state index in [9.17, 15) is 4.39 Å². The first-order valence-electron chi connectivity index (χ1n) is 16.2. The maximum atomic E-state index is 13.6. The van der Waals surface area contributed by atoms with E-state index in [1.807, 2.05) is 66.7 Å². The fourth-order valence-electron chi connectivity index (χ4n) is 6.61. The highest BCUT2D eigenvalue weighted by molar-refractivity contribution is 6.25. The summed E-state index contributed by atoms with van der Waals surface area (Å²) in [7, 11) is 0. The van der Waals surface area contributed by atoms with Crippen LogP contribution in [0.25, 0.3) is 89.0 Å². The van der Waals surface area contributed by atoms with E-state index < -0.39 is 0 Å². The van der Waals surface area contributed by atoms with Crippen molar-refractivity contribution in [3.05, 3.63) is 170 Å². The number of benzene rings is 7. The van der Waals surface area contributed by atoms with Gasteiger partial charge in [0.25, 0.3) is 0 Å². The Labute approximate surface area is 282 Å². The summed E-state index contributed by atoms with van der Waals surface area (Å²) >= 11 is 0. The third-order valence-corrected chi connectivity index (χ3v) is 8.98. The van der Waals surface area contributed by atoms with Gasteiger partial charge in [-0.2, -0.15) is 0 Å². The Morgan fingerprint density at radius 3 is 1.47 bits per heavy atom. The highest BCUT2D eigenvalue weighted by atomic mass is 19.1. The Morgan fingerprint density at radius 1 is 0.347 bits per heavy atom. The molecule has 0 aliphatic heterocycles. The number of pyridine rings is 1. The molecule has 0 aliphatic rings. The van der Waals surface area contributed by atoms with Crippen LogP contribution >= 0.6 is 0 Å². The Balaban J connectivity index is 1.33. The minimum Gasteiger partial charge on any atom is -0.247 e. The van der Waals surface area contributed by atoms with Crippen molar-refractivity contribution in [1.82, 2.24) is 19.9 Å². The molecule has 0 aliphatic carbocycles. The number of halogens is 1. The second-order valence-corrected chi connectivity index (χ2v) is 12.0. The van der Waals surface area contributed by atoms with E-state index in [-0.39, 0.29) is 5.82 Å². The lowest BCUT2D eigenvalue weighted by atomic mass is 9.91. The second kappa shape index (κ2) is 11.9. The molecular formula is C44H27FN4. The Morgan fingerprint density at radius 2 is 0.837 bits per heavy atom. The van der Waals surface area contributed by atoms with E-state index in [1.165, 1.54) is 12.1 Å². The summed E-state index contributed by atoms with van der Waals surface area (Å²) in [5.41, 5.74) is 7.47. The van der Waals surface area contributed by atoms with E-state index >= 15 is 0 Å². The smallest absolute Gasteiger partial charge is 0.164 e. The largest absolute Gasteiger partial charge is 0.247 e. The van der Waals surface area contributed by atoms with Gasteiger partial charge in [0.15, 0.2) is 17.5 Å². The predicted molar refractivity (Wildman–Crippen MR) is 197 cm³/mol. The van der Waals surface area contributed by atoms with Crippen molar-refractivity contribution in [3.8, 4) is 56.5 Å². The summed E-state index contributed by atoms with van der Waals surface area (Å²) in [6.07, 6.45) is 0. The molecule has 0 radical (unpaired) electrons. The van der Waals surface area contributed by atoms with Crippen molar-refractivity contribution in [3.63, 3.8) is 0 Å². The van der Waals surface area contributed by atoms with Crippen molar-refractivity contribution < 1.29 is 4.39 Å². The lowest BCUT2D eigenvalue weighted by molar-refractivity contribution is 0.628. The summed E-state index contributed by atoms with van der Waals surface area (Å²) in [5, 5.41) is 5.36. The number of rotatable bonds is 5. The van der Waals surface area contributed by atoms with Gasteiger partial charge in [-0.1, -0.05) is 140 Å². The highest BCUT2D eigenvalue weighted by Gasteiger charge is 2.19. The molecule has 0 saturated heterocycles. The first-order valence-corrected chi connectivity index (χ1v) is 16.2. The molecule has 49 heavy (non-hydrogen) atoms. The summed E-state index contributed by atoms with van der Waals surface area (Å²) in [6.45, 7) is 0. The molecule has 5 heteroatoms. The van der Waals surface area contributed by atoms with Gasteiger partial charge in [0.1, 0.15) is 5.82 Å². The number of para-hydroxylation sites is 1. The summed E-state index contributed by atoms with van der Waals surface area (Å²) < 4.78 is 13.6. The molecule has 0 atom stereocenters. The Kier molecular flexibility index (Phi) is 6.95. The maximum Gasteiger partial charge on any atom is 0.164 e. The first-order chi connectivity index (χ1) is 24.2. The average Bonchev–Trinajstić information content (AvgIpc) is 3.18. The molecular weight excluding hydrogens is 604 g/mol. The molecule has 9 aromatic rings. The minimum atomic E-state index is -0.250. The Bertz CT molecular complexity index is 2580. The molecule has 0 N–H and O–H groups in total. The SMILES string of the molecule is Fc1ccc(-c2ccc(-c3nc4ccccc4c4c3cc(-c3nc(-c5ccccc5)nc(-c5ccccc5)n3)c3ccccc34)cc2)cc1. The van der Waals surface area contributed by atoms with Crippen LogP contribution in [-0.4, -0.2) is 19.9 Å². The molecule has 9 rings (SSSR count). The molecule has 7 aromatic carbocycles. The van der Waals surface area contributed by atoms with Crippen molar-refractivity contribution in [1.29, 1.82) is 0 Å². The first kappa shape index (κ1) is 28.6. The predicted octanol–water partition coefficient (Wildman–Crippen LogP) is 11.2. The molecule has 2 aromatic heterocycles. The zero-order valence-corrected chi connectivity index (χ0v) is 26.3. The van der Waals surface area contributed by atoms with Crippen molar-refractivity contribution in [2.45, 2.75) is 0 Å². The molecule has 0 saturated carbocycles. The minimum absolute atomic E-state index is 0.250. The van der Waals surface area contributed by atoms with E-state index in [0.29, 0.717) is 17.5 Å². The number of hydrogen-bond donors (Lipinski definition) is 0. The van der Waals surface area contributed by atoms with Gasteiger partial charge < -0.3 is 0 Å². The van der Waals surface area contributed by atoms with Gasteiger partial charge in [0, 0.05) is 38.4 Å². The molecule has 0 unspecified atom stereocenters. The summed E-state index contributed by atoms with van der Waals surface area (Å²) in [5.74, 6) is 1.57. The van der Waals surface area contributed by atoms with Crippen LogP contribution in [0.15, 0.2) is 164 Å². The van der Waals surface area contributed by atoms with Gasteiger partial charge in [0.2, 0.25) is 0 Å². The zero-order chi connectivity index (χ0) is 32.7. The molecule has 0 bridgehead atoms. The lowest BCUT2D eigenvalue weighted by Gasteiger charge is -2.16. The van der Waals surface area contributed by atoms with Crippen LogP contribution < -0.4 is 0 Å². The van der Waals surface area contributed by atoms with Crippen LogP contribution in [0.2, 0.25) is 0 Å². The third kappa shape index (κ3) is 5.18. The third-order valence-electron chi connectivity index (χ3n) is 8.98. The topological polar surface area (TPSA) is 51.6 Å². The van der Waals surface area contributed by atoms with Crippen molar-refractivity contribution in [2.24, 2.45) is 0 Å². The molecule has 0 fully saturated rings. The van der Waals surface area contributed by atoms with Gasteiger partial charge >= 0.3 is 0 Å². The van der Waals surface area contributed by atoms with Gasteiger partial charge in [-0.25, -0.2) is 24.3 Å². The quantitative estimate of drug-likeness (QED) is 0.178. The van der Waals surface area contributed by atoms with Crippen molar-refractivity contribution in [2.75, 3.05) is 0 Å². The fourth-order valence-corrected chi connectivity index (χ4v) is 6.61. The standard InChI is InChI=1S/C44H27FN4/c45-33-25-23-29(24-26-33)28-19-21-30(22-20-28)41-38-27-37(34-15-7-8-16-35(34)40(38)36-17-9-10-18-39(36)46-41)44-48-42(31-11-3-1-4-12-31)47-43(49-44)32-13-5-2-6-14-32/h1-27H. The zero-order valence-electron chi connectivity index (χ0n) is 26.3. The number of hydrogen-bond acceptors (Lipinski definition) is 4. The fraction of sp³-hybridized carbons (Fsp3) is 0. The van der Waals surface area contributed by atoms with Crippen LogP contribution in [0.4, 0.5) is 4.39 Å². The average molecular weight is 631 g/mol. The Hall–Kier alpha value is -6.59. The van der Waals surface area contributed by atoms with Gasteiger partial charge in [-0.15, -0.1) is 0 Å².